The lowest BCUT2D eigenvalue weighted by Gasteiger charge is -2.09. The van der Waals surface area contributed by atoms with Gasteiger partial charge in [-0.15, -0.1) is 0 Å². The number of hydrogen-bond donors (Lipinski definition) is 0. The number of rotatable bonds is 14. The molecule has 0 aromatic heterocycles. The summed E-state index contributed by atoms with van der Waals surface area (Å²) in [5.74, 6) is 1.16. The molecule has 0 heterocycles. The van der Waals surface area contributed by atoms with Gasteiger partial charge in [-0.1, -0.05) is 39.0 Å². The zero-order valence-corrected chi connectivity index (χ0v) is 21.0. The average Bonchev–Trinajstić information content (AvgIpc) is 2.90. The van der Waals surface area contributed by atoms with Crippen molar-refractivity contribution in [3.63, 3.8) is 0 Å². The Morgan fingerprint density at radius 2 is 0.944 bits per heavy atom. The van der Waals surface area contributed by atoms with Gasteiger partial charge in [0.25, 0.3) is 0 Å². The summed E-state index contributed by atoms with van der Waals surface area (Å²) in [6, 6.07) is 20.0. The Balaban J connectivity index is 1.44. The molecule has 36 heavy (non-hydrogen) atoms. The van der Waals surface area contributed by atoms with Crippen LogP contribution in [0.5, 0.6) is 23.0 Å². The van der Waals surface area contributed by atoms with Gasteiger partial charge in [0.15, 0.2) is 0 Å². The van der Waals surface area contributed by atoms with E-state index in [4.69, 9.17) is 18.9 Å². The molecule has 6 nitrogen and oxygen atoms in total. The van der Waals surface area contributed by atoms with Crippen molar-refractivity contribution in [2.45, 2.75) is 52.4 Å². The van der Waals surface area contributed by atoms with E-state index in [0.717, 1.165) is 12.2 Å². The predicted molar refractivity (Wildman–Crippen MR) is 139 cm³/mol. The van der Waals surface area contributed by atoms with Gasteiger partial charge in [-0.2, -0.15) is 0 Å². The first-order chi connectivity index (χ1) is 17.6. The second kappa shape index (κ2) is 14.6. The Morgan fingerprint density at radius 3 is 1.42 bits per heavy atom. The van der Waals surface area contributed by atoms with Gasteiger partial charge >= 0.3 is 11.9 Å². The van der Waals surface area contributed by atoms with Crippen LogP contribution in [-0.2, 0) is 0 Å². The predicted octanol–water partition coefficient (Wildman–Crippen LogP) is 7.26. The summed E-state index contributed by atoms with van der Waals surface area (Å²) in [5.41, 5.74) is 0.835. The molecule has 0 aliphatic rings. The molecule has 3 aromatic carbocycles. The van der Waals surface area contributed by atoms with Gasteiger partial charge in [0.1, 0.15) is 23.0 Å². The van der Waals surface area contributed by atoms with Crippen molar-refractivity contribution in [2.24, 2.45) is 0 Å². The van der Waals surface area contributed by atoms with Crippen LogP contribution in [0.15, 0.2) is 72.8 Å². The number of unbranched alkanes of at least 4 members (excludes halogenated alkanes) is 5. The average molecular weight is 491 g/mol. The largest absolute Gasteiger partial charge is 0.494 e. The van der Waals surface area contributed by atoms with Crippen molar-refractivity contribution in [1.82, 2.24) is 0 Å². The maximum Gasteiger partial charge on any atom is 0.343 e. The van der Waals surface area contributed by atoms with Crippen LogP contribution >= 0.6 is 0 Å². The Labute approximate surface area is 213 Å². The van der Waals surface area contributed by atoms with Crippen molar-refractivity contribution in [1.29, 1.82) is 0 Å². The van der Waals surface area contributed by atoms with Gasteiger partial charge < -0.3 is 18.9 Å². The summed E-state index contributed by atoms with van der Waals surface area (Å²) < 4.78 is 22.0. The van der Waals surface area contributed by atoms with Crippen LogP contribution in [0.3, 0.4) is 0 Å². The molecule has 0 saturated carbocycles. The molecule has 0 spiro atoms. The van der Waals surface area contributed by atoms with Gasteiger partial charge in [0.05, 0.1) is 24.3 Å². The molecule has 0 fully saturated rings. The van der Waals surface area contributed by atoms with Gasteiger partial charge in [-0.25, -0.2) is 9.59 Å². The van der Waals surface area contributed by atoms with E-state index in [1.807, 2.05) is 6.92 Å². The highest BCUT2D eigenvalue weighted by atomic mass is 16.5. The van der Waals surface area contributed by atoms with Crippen molar-refractivity contribution in [3.05, 3.63) is 83.9 Å². The van der Waals surface area contributed by atoms with Crippen molar-refractivity contribution >= 4 is 11.9 Å². The Morgan fingerprint density at radius 1 is 0.528 bits per heavy atom. The molecule has 0 saturated heterocycles. The van der Waals surface area contributed by atoms with Gasteiger partial charge in [-0.3, -0.25) is 0 Å². The molecule has 0 atom stereocenters. The Bertz CT molecular complexity index is 1070. The number of ether oxygens (including phenoxy) is 4. The molecule has 0 aliphatic carbocycles. The van der Waals surface area contributed by atoms with Crippen LogP contribution in [0.2, 0.25) is 0 Å². The number of carbonyl (C=O) groups is 2. The highest BCUT2D eigenvalue weighted by Crippen LogP contribution is 2.21. The number of benzene rings is 3. The van der Waals surface area contributed by atoms with E-state index in [9.17, 15) is 9.59 Å². The zero-order valence-electron chi connectivity index (χ0n) is 21.0. The third kappa shape index (κ3) is 8.77. The van der Waals surface area contributed by atoms with Crippen molar-refractivity contribution in [2.75, 3.05) is 13.2 Å². The third-order valence-corrected chi connectivity index (χ3v) is 5.50. The van der Waals surface area contributed by atoms with Gasteiger partial charge in [-0.05, 0) is 86.1 Å². The van der Waals surface area contributed by atoms with Gasteiger partial charge in [0.2, 0.25) is 0 Å². The maximum absolute atomic E-state index is 12.5. The SMILES string of the molecule is CCCCCCCCOc1ccc(C(=O)Oc2ccc(OC(=O)c3ccc(OCC)cc3)cc2)cc1. The molecule has 0 aliphatic heterocycles. The van der Waals surface area contributed by atoms with Crippen LogP contribution < -0.4 is 18.9 Å². The van der Waals surface area contributed by atoms with Crippen molar-refractivity contribution in [3.8, 4) is 23.0 Å². The van der Waals surface area contributed by atoms with Crippen LogP contribution in [0.25, 0.3) is 0 Å². The van der Waals surface area contributed by atoms with E-state index in [2.05, 4.69) is 6.92 Å². The molecule has 3 aromatic rings. The van der Waals surface area contributed by atoms with E-state index >= 15 is 0 Å². The summed E-state index contributed by atoms with van der Waals surface area (Å²) in [4.78, 5) is 24.8. The Kier molecular flexibility index (Phi) is 10.8. The first kappa shape index (κ1) is 26.8. The molecule has 190 valence electrons. The van der Waals surface area contributed by atoms with E-state index in [0.29, 0.717) is 41.6 Å². The van der Waals surface area contributed by atoms with Crippen LogP contribution in [0.4, 0.5) is 0 Å². The minimum Gasteiger partial charge on any atom is -0.494 e. The molecule has 0 unspecified atom stereocenters. The molecule has 0 radical (unpaired) electrons. The fraction of sp³-hybridized carbons (Fsp3) is 0.333. The van der Waals surface area contributed by atoms with Crippen LogP contribution in [0.1, 0.15) is 73.1 Å². The molecule has 0 N–H and O–H groups in total. The molecule has 0 bridgehead atoms. The number of hydrogen-bond acceptors (Lipinski definition) is 6. The quantitative estimate of drug-likeness (QED) is 0.134. The second-order valence-electron chi connectivity index (χ2n) is 8.35. The first-order valence-corrected chi connectivity index (χ1v) is 12.6. The lowest BCUT2D eigenvalue weighted by atomic mass is 10.1. The number of carbonyl (C=O) groups excluding carboxylic acids is 2. The first-order valence-electron chi connectivity index (χ1n) is 12.6. The summed E-state index contributed by atoms with van der Waals surface area (Å²) in [6.07, 6.45) is 7.26. The van der Waals surface area contributed by atoms with E-state index in [1.165, 1.54) is 32.1 Å². The highest BCUT2D eigenvalue weighted by molar-refractivity contribution is 5.92. The minimum atomic E-state index is -0.485. The van der Waals surface area contributed by atoms with E-state index in [-0.39, 0.29) is 0 Å². The summed E-state index contributed by atoms with van der Waals surface area (Å²) in [7, 11) is 0. The molecule has 3 rings (SSSR count). The lowest BCUT2D eigenvalue weighted by Crippen LogP contribution is -2.09. The highest BCUT2D eigenvalue weighted by Gasteiger charge is 2.11. The molecule has 6 heteroatoms. The standard InChI is InChI=1S/C30H34O6/c1-3-5-6-7-8-9-22-34-26-16-12-24(13-17-26)30(32)36-28-20-18-27(19-21-28)35-29(31)23-10-14-25(15-11-23)33-4-2/h10-21H,3-9,22H2,1-2H3. The topological polar surface area (TPSA) is 71.1 Å². The smallest absolute Gasteiger partial charge is 0.343 e. The maximum atomic E-state index is 12.5. The summed E-state index contributed by atoms with van der Waals surface area (Å²) >= 11 is 0. The zero-order chi connectivity index (χ0) is 25.6. The molecule has 0 amide bonds. The van der Waals surface area contributed by atoms with E-state index < -0.39 is 11.9 Å². The second-order valence-corrected chi connectivity index (χ2v) is 8.35. The summed E-state index contributed by atoms with van der Waals surface area (Å²) in [6.45, 7) is 5.33. The van der Waals surface area contributed by atoms with Crippen LogP contribution in [0, 0.1) is 0 Å². The fourth-order valence-electron chi connectivity index (χ4n) is 3.52. The summed E-state index contributed by atoms with van der Waals surface area (Å²) in [5, 5.41) is 0. The van der Waals surface area contributed by atoms with Crippen LogP contribution in [-0.4, -0.2) is 25.2 Å². The minimum absolute atomic E-state index is 0.348. The van der Waals surface area contributed by atoms with Crippen molar-refractivity contribution < 1.29 is 28.5 Å². The monoisotopic (exact) mass is 490 g/mol. The van der Waals surface area contributed by atoms with E-state index in [1.54, 1.807) is 72.8 Å². The molecular weight excluding hydrogens is 456 g/mol. The Hall–Kier alpha value is -3.80. The molecular formula is C30H34O6. The fourth-order valence-corrected chi connectivity index (χ4v) is 3.52. The lowest BCUT2D eigenvalue weighted by molar-refractivity contribution is 0.0719. The third-order valence-electron chi connectivity index (χ3n) is 5.50. The normalized spacial score (nSPS) is 10.5. The number of esters is 2. The van der Waals surface area contributed by atoms with Gasteiger partial charge in [0, 0.05) is 0 Å².